The number of aliphatic hydroxyl groups is 1. The molecule has 1 saturated carbocycles. The maximum absolute atomic E-state index is 15.6. The van der Waals surface area contributed by atoms with E-state index in [2.05, 4.69) is 5.16 Å². The van der Waals surface area contributed by atoms with Crippen LogP contribution in [0.3, 0.4) is 0 Å². The quantitative estimate of drug-likeness (QED) is 0.769. The van der Waals surface area contributed by atoms with Gasteiger partial charge in [-0.3, -0.25) is 4.79 Å². The molecule has 6 nitrogen and oxygen atoms in total. The summed E-state index contributed by atoms with van der Waals surface area (Å²) in [5.74, 6) is -4.56. The van der Waals surface area contributed by atoms with Gasteiger partial charge in [-0.05, 0) is 57.0 Å². The van der Waals surface area contributed by atoms with Gasteiger partial charge in [0.05, 0.1) is 12.6 Å². The molecule has 1 aliphatic carbocycles. The van der Waals surface area contributed by atoms with Gasteiger partial charge in [0.2, 0.25) is 0 Å². The summed E-state index contributed by atoms with van der Waals surface area (Å²) in [7, 11) is 3.78. The Kier molecular flexibility index (Phi) is 5.82. The molecule has 2 aliphatic rings. The van der Waals surface area contributed by atoms with Crippen LogP contribution in [-0.2, 0) is 11.3 Å². The van der Waals surface area contributed by atoms with Crippen molar-refractivity contribution in [2.45, 2.75) is 83.9 Å². The van der Waals surface area contributed by atoms with Crippen molar-refractivity contribution in [3.05, 3.63) is 17.5 Å². The van der Waals surface area contributed by atoms with Gasteiger partial charge in [-0.15, -0.1) is 0 Å². The molecule has 1 aromatic heterocycles. The summed E-state index contributed by atoms with van der Waals surface area (Å²) in [6.07, 6.45) is 1.64. The van der Waals surface area contributed by atoms with E-state index in [-0.39, 0.29) is 19.4 Å². The lowest BCUT2D eigenvalue weighted by Gasteiger charge is -2.51. The minimum absolute atomic E-state index is 0.113. The van der Waals surface area contributed by atoms with E-state index in [9.17, 15) is 9.90 Å². The van der Waals surface area contributed by atoms with Crippen molar-refractivity contribution in [1.82, 2.24) is 15.0 Å². The number of carbonyl (C=O) groups is 1. The fraction of sp³-hybridized carbons (Fsp3) is 0.818. The number of alkyl halides is 2. The van der Waals surface area contributed by atoms with Crippen molar-refractivity contribution in [2.75, 3.05) is 20.6 Å². The van der Waals surface area contributed by atoms with Gasteiger partial charge in [0, 0.05) is 12.6 Å². The van der Waals surface area contributed by atoms with Gasteiger partial charge in [-0.2, -0.15) is 8.78 Å². The SMILES string of the molecule is CN(C)Cc1cc(C2CCCN2C(=O)C(F)(F)C2(O)CC(C)(C)CC(C)(C)C2)no1. The smallest absolute Gasteiger partial charge is 0.352 e. The summed E-state index contributed by atoms with van der Waals surface area (Å²) in [6, 6.07) is 1.17. The summed E-state index contributed by atoms with van der Waals surface area (Å²) >= 11 is 0. The molecule has 0 aromatic carbocycles. The van der Waals surface area contributed by atoms with Gasteiger partial charge in [-0.25, -0.2) is 0 Å². The zero-order valence-corrected chi connectivity index (χ0v) is 19.0. The molecule has 3 rings (SSSR count). The van der Waals surface area contributed by atoms with Crippen LogP contribution < -0.4 is 0 Å². The zero-order chi connectivity index (χ0) is 22.5. The number of hydrogen-bond donors (Lipinski definition) is 1. The summed E-state index contributed by atoms with van der Waals surface area (Å²) in [6.45, 7) is 8.25. The predicted molar refractivity (Wildman–Crippen MR) is 109 cm³/mol. The summed E-state index contributed by atoms with van der Waals surface area (Å²) < 4.78 is 36.5. The number of aromatic nitrogens is 1. The van der Waals surface area contributed by atoms with E-state index in [1.807, 2.05) is 46.7 Å². The molecular weight excluding hydrogens is 392 g/mol. The second-order valence-corrected chi connectivity index (χ2v) is 11.1. The molecule has 8 heteroatoms. The second-order valence-electron chi connectivity index (χ2n) is 11.1. The Morgan fingerprint density at radius 1 is 1.27 bits per heavy atom. The number of halogens is 2. The van der Waals surface area contributed by atoms with E-state index in [1.54, 1.807) is 6.07 Å². The first-order valence-corrected chi connectivity index (χ1v) is 10.7. The third-order valence-electron chi connectivity index (χ3n) is 6.26. The molecule has 1 amide bonds. The van der Waals surface area contributed by atoms with Crippen LogP contribution in [0.5, 0.6) is 0 Å². The monoisotopic (exact) mass is 427 g/mol. The Balaban J connectivity index is 1.85. The van der Waals surface area contributed by atoms with Crippen LogP contribution in [0.1, 0.15) is 77.3 Å². The number of likely N-dealkylation sites (tertiary alicyclic amines) is 1. The van der Waals surface area contributed by atoms with Crippen molar-refractivity contribution < 1.29 is 23.2 Å². The molecule has 2 heterocycles. The lowest BCUT2D eigenvalue weighted by Crippen LogP contribution is -2.62. The molecule has 1 unspecified atom stereocenters. The van der Waals surface area contributed by atoms with Gasteiger partial charge in [-0.1, -0.05) is 32.9 Å². The molecular formula is C22H35F2N3O3. The standard InChI is InChI=1S/C22H35F2N3O3/c1-19(2)12-20(3,4)14-21(29,13-19)22(23,24)18(28)27-9-7-8-17(27)16-10-15(30-25-16)11-26(5)6/h10,17,29H,7-9,11-14H2,1-6H3. The fourth-order valence-electron chi connectivity index (χ4n) is 5.86. The van der Waals surface area contributed by atoms with Crippen LogP contribution in [0, 0.1) is 10.8 Å². The maximum atomic E-state index is 15.6. The van der Waals surface area contributed by atoms with Crippen LogP contribution in [0.25, 0.3) is 0 Å². The van der Waals surface area contributed by atoms with Crippen LogP contribution >= 0.6 is 0 Å². The number of nitrogens with zero attached hydrogens (tertiary/aromatic N) is 3. The number of rotatable bonds is 5. The van der Waals surface area contributed by atoms with Crippen molar-refractivity contribution in [2.24, 2.45) is 10.8 Å². The van der Waals surface area contributed by atoms with Crippen LogP contribution in [0.2, 0.25) is 0 Å². The zero-order valence-electron chi connectivity index (χ0n) is 19.0. The van der Waals surface area contributed by atoms with E-state index >= 15 is 8.78 Å². The number of hydrogen-bond acceptors (Lipinski definition) is 5. The number of amides is 1. The average Bonchev–Trinajstić information content (AvgIpc) is 3.18. The molecule has 170 valence electrons. The van der Waals surface area contributed by atoms with Gasteiger partial charge < -0.3 is 19.4 Å². The van der Waals surface area contributed by atoms with Crippen molar-refractivity contribution in [3.8, 4) is 0 Å². The Hall–Kier alpha value is -1.54. The van der Waals surface area contributed by atoms with Crippen molar-refractivity contribution in [1.29, 1.82) is 0 Å². The highest BCUT2D eigenvalue weighted by Crippen LogP contribution is 2.55. The van der Waals surface area contributed by atoms with Crippen molar-refractivity contribution >= 4 is 5.91 Å². The molecule has 30 heavy (non-hydrogen) atoms. The summed E-state index contributed by atoms with van der Waals surface area (Å²) in [4.78, 5) is 16.2. The average molecular weight is 428 g/mol. The van der Waals surface area contributed by atoms with Gasteiger partial charge >= 0.3 is 5.92 Å². The first-order chi connectivity index (χ1) is 13.7. The van der Waals surface area contributed by atoms with E-state index in [1.165, 1.54) is 4.90 Å². The molecule has 1 N–H and O–H groups in total. The molecule has 1 aromatic rings. The van der Waals surface area contributed by atoms with E-state index in [0.29, 0.717) is 37.3 Å². The predicted octanol–water partition coefficient (Wildman–Crippen LogP) is 4.00. The maximum Gasteiger partial charge on any atom is 0.352 e. The Morgan fingerprint density at radius 2 is 1.87 bits per heavy atom. The topological polar surface area (TPSA) is 69.8 Å². The minimum atomic E-state index is -3.87. The highest BCUT2D eigenvalue weighted by molar-refractivity contribution is 5.85. The third-order valence-corrected chi connectivity index (χ3v) is 6.26. The van der Waals surface area contributed by atoms with E-state index in [4.69, 9.17) is 4.52 Å². The van der Waals surface area contributed by atoms with Crippen molar-refractivity contribution in [3.63, 3.8) is 0 Å². The molecule has 0 radical (unpaired) electrons. The lowest BCUT2D eigenvalue weighted by molar-refractivity contribution is -0.231. The molecule has 2 fully saturated rings. The first-order valence-electron chi connectivity index (χ1n) is 10.7. The van der Waals surface area contributed by atoms with Crippen LogP contribution in [0.4, 0.5) is 8.78 Å². The van der Waals surface area contributed by atoms with E-state index < -0.39 is 34.3 Å². The Morgan fingerprint density at radius 3 is 2.43 bits per heavy atom. The van der Waals surface area contributed by atoms with E-state index in [0.717, 1.165) is 0 Å². The molecule has 1 aliphatic heterocycles. The second kappa shape index (κ2) is 7.55. The number of carbonyl (C=O) groups excluding carboxylic acids is 1. The highest BCUT2D eigenvalue weighted by Gasteiger charge is 2.65. The fourth-order valence-corrected chi connectivity index (χ4v) is 5.86. The molecule has 0 bridgehead atoms. The van der Waals surface area contributed by atoms with Crippen LogP contribution in [0.15, 0.2) is 10.6 Å². The third kappa shape index (κ3) is 4.40. The summed E-state index contributed by atoms with van der Waals surface area (Å²) in [5.41, 5.74) is -2.86. The Labute approximate surface area is 177 Å². The van der Waals surface area contributed by atoms with Gasteiger partial charge in [0.1, 0.15) is 11.3 Å². The lowest BCUT2D eigenvalue weighted by atomic mass is 9.58. The molecule has 0 spiro atoms. The molecule has 1 saturated heterocycles. The molecule has 1 atom stereocenters. The van der Waals surface area contributed by atoms with Gasteiger partial charge in [0.15, 0.2) is 5.76 Å². The van der Waals surface area contributed by atoms with Gasteiger partial charge in [0.25, 0.3) is 5.91 Å². The van der Waals surface area contributed by atoms with Crippen LogP contribution in [-0.4, -0.2) is 58.1 Å². The largest absolute Gasteiger partial charge is 0.383 e. The highest BCUT2D eigenvalue weighted by atomic mass is 19.3. The minimum Gasteiger partial charge on any atom is -0.383 e. The Bertz CT molecular complexity index is 772. The first kappa shape index (κ1) is 23.1. The summed E-state index contributed by atoms with van der Waals surface area (Å²) in [5, 5.41) is 15.2. The normalized spacial score (nSPS) is 25.7.